The van der Waals surface area contributed by atoms with Gasteiger partial charge in [-0.25, -0.2) is 0 Å². The number of hydrogen-bond donors (Lipinski definition) is 1. The second-order valence-electron chi connectivity index (χ2n) is 5.74. The number of aryl methyl sites for hydroxylation is 1. The molecule has 0 unspecified atom stereocenters. The maximum atomic E-state index is 12.5. The van der Waals surface area contributed by atoms with E-state index in [1.54, 1.807) is 39.0 Å². The third-order valence-corrected chi connectivity index (χ3v) is 4.03. The van der Waals surface area contributed by atoms with Crippen LogP contribution in [0.2, 0.25) is 0 Å². The SMILES string of the molecule is Cc1nn([C@H](C)C(=O)Nc2ccc3c(c2)OCCO3)c(C)c1[N+](=O)[O-]. The molecule has 0 bridgehead atoms. The normalized spacial score (nSPS) is 14.0. The summed E-state index contributed by atoms with van der Waals surface area (Å²) in [7, 11) is 0. The van der Waals surface area contributed by atoms with Crippen LogP contribution in [0.15, 0.2) is 18.2 Å². The number of rotatable bonds is 4. The van der Waals surface area contributed by atoms with Crippen LogP contribution in [0.5, 0.6) is 11.5 Å². The first kappa shape index (κ1) is 16.7. The minimum absolute atomic E-state index is 0.0704. The number of carbonyl (C=O) groups excluding carboxylic acids is 1. The number of nitrogens with one attached hydrogen (secondary N) is 1. The van der Waals surface area contributed by atoms with Crippen LogP contribution in [0.3, 0.4) is 0 Å². The Bertz CT molecular complexity index is 845. The summed E-state index contributed by atoms with van der Waals surface area (Å²) in [5.74, 6) is 0.863. The first-order chi connectivity index (χ1) is 11.9. The number of hydrogen-bond acceptors (Lipinski definition) is 6. The molecule has 1 aliphatic rings. The van der Waals surface area contributed by atoms with Gasteiger partial charge in [-0.05, 0) is 32.9 Å². The summed E-state index contributed by atoms with van der Waals surface area (Å²) >= 11 is 0. The Hall–Kier alpha value is -3.10. The van der Waals surface area contributed by atoms with E-state index in [-0.39, 0.29) is 17.3 Å². The zero-order valence-corrected chi connectivity index (χ0v) is 14.1. The molecule has 1 aliphatic heterocycles. The van der Waals surface area contributed by atoms with Crippen LogP contribution < -0.4 is 14.8 Å². The molecule has 0 aliphatic carbocycles. The highest BCUT2D eigenvalue weighted by Gasteiger charge is 2.27. The van der Waals surface area contributed by atoms with Crippen molar-refractivity contribution in [1.29, 1.82) is 0 Å². The van der Waals surface area contributed by atoms with Crippen LogP contribution in [-0.2, 0) is 4.79 Å². The Kier molecular flexibility index (Phi) is 4.30. The molecule has 3 rings (SSSR count). The largest absolute Gasteiger partial charge is 0.486 e. The monoisotopic (exact) mass is 346 g/mol. The van der Waals surface area contributed by atoms with Crippen LogP contribution in [0.4, 0.5) is 11.4 Å². The van der Waals surface area contributed by atoms with E-state index in [1.165, 1.54) is 4.68 Å². The van der Waals surface area contributed by atoms with Crippen molar-refractivity contribution in [3.8, 4) is 11.5 Å². The molecule has 0 spiro atoms. The van der Waals surface area contributed by atoms with E-state index >= 15 is 0 Å². The zero-order valence-electron chi connectivity index (χ0n) is 14.1. The minimum Gasteiger partial charge on any atom is -0.486 e. The fraction of sp³-hybridized carbons (Fsp3) is 0.375. The summed E-state index contributed by atoms with van der Waals surface area (Å²) in [5, 5.41) is 18.0. The van der Waals surface area contributed by atoms with Gasteiger partial charge in [0.25, 0.3) is 0 Å². The standard InChI is InChI=1S/C16H18N4O5/c1-9-15(20(22)23)10(2)19(18-9)11(3)16(21)17-12-4-5-13-14(8-12)25-7-6-24-13/h4-5,8,11H,6-7H2,1-3H3,(H,17,21)/t11-/m1/s1. The first-order valence-corrected chi connectivity index (χ1v) is 7.79. The molecule has 132 valence electrons. The number of nitro groups is 1. The molecule has 25 heavy (non-hydrogen) atoms. The lowest BCUT2D eigenvalue weighted by Crippen LogP contribution is -2.25. The van der Waals surface area contributed by atoms with Gasteiger partial charge in [0.15, 0.2) is 11.5 Å². The Labute approximate surface area is 143 Å². The van der Waals surface area contributed by atoms with Crippen LogP contribution in [0.25, 0.3) is 0 Å². The van der Waals surface area contributed by atoms with Crippen molar-refractivity contribution in [2.45, 2.75) is 26.8 Å². The summed E-state index contributed by atoms with van der Waals surface area (Å²) in [5.41, 5.74) is 1.10. The number of aromatic nitrogens is 2. The van der Waals surface area contributed by atoms with Gasteiger partial charge in [0.1, 0.15) is 30.6 Å². The maximum Gasteiger partial charge on any atom is 0.312 e. The van der Waals surface area contributed by atoms with Gasteiger partial charge >= 0.3 is 5.69 Å². The molecule has 0 radical (unpaired) electrons. The number of carbonyl (C=O) groups is 1. The lowest BCUT2D eigenvalue weighted by atomic mass is 10.2. The average Bonchev–Trinajstić information content (AvgIpc) is 2.88. The highest BCUT2D eigenvalue weighted by Crippen LogP contribution is 2.33. The summed E-state index contributed by atoms with van der Waals surface area (Å²) in [4.78, 5) is 23.1. The molecule has 1 N–H and O–H groups in total. The van der Waals surface area contributed by atoms with E-state index in [0.29, 0.717) is 36.1 Å². The van der Waals surface area contributed by atoms with Gasteiger partial charge in [-0.15, -0.1) is 0 Å². The average molecular weight is 346 g/mol. The summed E-state index contributed by atoms with van der Waals surface area (Å²) in [6.07, 6.45) is 0. The van der Waals surface area contributed by atoms with Crippen LogP contribution in [-0.4, -0.2) is 33.8 Å². The Balaban J connectivity index is 1.79. The van der Waals surface area contributed by atoms with E-state index in [9.17, 15) is 14.9 Å². The second kappa shape index (κ2) is 6.42. The molecular formula is C16H18N4O5. The predicted molar refractivity (Wildman–Crippen MR) is 89.1 cm³/mol. The van der Waals surface area contributed by atoms with E-state index in [4.69, 9.17) is 9.47 Å². The van der Waals surface area contributed by atoms with Gasteiger partial charge in [0.2, 0.25) is 5.91 Å². The molecule has 0 saturated heterocycles. The fourth-order valence-electron chi connectivity index (χ4n) is 2.77. The number of anilines is 1. The molecule has 1 aromatic carbocycles. The van der Waals surface area contributed by atoms with Gasteiger partial charge < -0.3 is 14.8 Å². The molecule has 0 fully saturated rings. The molecular weight excluding hydrogens is 328 g/mol. The Morgan fingerprint density at radius 1 is 1.32 bits per heavy atom. The van der Waals surface area contributed by atoms with E-state index in [1.807, 2.05) is 0 Å². The molecule has 1 amide bonds. The quantitative estimate of drug-likeness (QED) is 0.672. The number of nitrogens with zero attached hydrogens (tertiary/aromatic N) is 3. The van der Waals surface area contributed by atoms with E-state index in [0.717, 1.165) is 0 Å². The van der Waals surface area contributed by atoms with Crippen molar-refractivity contribution in [1.82, 2.24) is 9.78 Å². The minimum atomic E-state index is -0.708. The molecule has 1 aromatic heterocycles. The number of fused-ring (bicyclic) bond motifs is 1. The Morgan fingerprint density at radius 2 is 2.00 bits per heavy atom. The fourth-order valence-corrected chi connectivity index (χ4v) is 2.77. The molecule has 2 heterocycles. The lowest BCUT2D eigenvalue weighted by Gasteiger charge is -2.19. The van der Waals surface area contributed by atoms with Crippen LogP contribution in [0, 0.1) is 24.0 Å². The van der Waals surface area contributed by atoms with Gasteiger partial charge in [0, 0.05) is 11.8 Å². The Morgan fingerprint density at radius 3 is 2.64 bits per heavy atom. The van der Waals surface area contributed by atoms with Crippen molar-refractivity contribution in [3.63, 3.8) is 0 Å². The third-order valence-electron chi connectivity index (χ3n) is 4.03. The number of ether oxygens (including phenoxy) is 2. The smallest absolute Gasteiger partial charge is 0.312 e. The zero-order chi connectivity index (χ0) is 18.1. The lowest BCUT2D eigenvalue weighted by molar-refractivity contribution is -0.386. The molecule has 0 saturated carbocycles. The highest BCUT2D eigenvalue weighted by atomic mass is 16.6. The van der Waals surface area contributed by atoms with Crippen molar-refractivity contribution in [2.24, 2.45) is 0 Å². The maximum absolute atomic E-state index is 12.5. The van der Waals surface area contributed by atoms with Gasteiger partial charge in [0.05, 0.1) is 4.92 Å². The first-order valence-electron chi connectivity index (χ1n) is 7.79. The summed E-state index contributed by atoms with van der Waals surface area (Å²) in [6.45, 7) is 5.71. The molecule has 9 nitrogen and oxygen atoms in total. The van der Waals surface area contributed by atoms with Crippen molar-refractivity contribution in [3.05, 3.63) is 39.7 Å². The number of benzene rings is 1. The predicted octanol–water partition coefficient (Wildman–Crippen LogP) is 2.38. The highest BCUT2D eigenvalue weighted by molar-refractivity contribution is 5.93. The van der Waals surface area contributed by atoms with E-state index in [2.05, 4.69) is 10.4 Å². The van der Waals surface area contributed by atoms with E-state index < -0.39 is 11.0 Å². The summed E-state index contributed by atoms with van der Waals surface area (Å²) < 4.78 is 12.3. The molecule has 9 heteroatoms. The molecule has 2 aromatic rings. The van der Waals surface area contributed by atoms with Crippen LogP contribution >= 0.6 is 0 Å². The van der Waals surface area contributed by atoms with Gasteiger partial charge in [-0.1, -0.05) is 0 Å². The van der Waals surface area contributed by atoms with Gasteiger partial charge in [-0.3, -0.25) is 19.6 Å². The molecule has 1 atom stereocenters. The van der Waals surface area contributed by atoms with Crippen molar-refractivity contribution < 1.29 is 19.2 Å². The van der Waals surface area contributed by atoms with Gasteiger partial charge in [-0.2, -0.15) is 5.10 Å². The number of amides is 1. The second-order valence-corrected chi connectivity index (χ2v) is 5.74. The van der Waals surface area contributed by atoms with Crippen LogP contribution in [0.1, 0.15) is 24.4 Å². The van der Waals surface area contributed by atoms with Crippen molar-refractivity contribution in [2.75, 3.05) is 18.5 Å². The summed E-state index contributed by atoms with van der Waals surface area (Å²) in [6, 6.07) is 4.41. The third kappa shape index (κ3) is 3.12. The topological polar surface area (TPSA) is 109 Å². The van der Waals surface area contributed by atoms with Crippen molar-refractivity contribution >= 4 is 17.3 Å².